The molecule has 3 nitrogen and oxygen atoms in total. The van der Waals surface area contributed by atoms with Gasteiger partial charge in [0, 0.05) is 6.07 Å². The molecule has 17 heavy (non-hydrogen) atoms. The van der Waals surface area contributed by atoms with Crippen molar-refractivity contribution in [2.75, 3.05) is 20.2 Å². The molecule has 0 atom stereocenters. The Kier molecular flexibility index (Phi) is 3.52. The lowest BCUT2D eigenvalue weighted by molar-refractivity contribution is 0.0526. The second-order valence-corrected chi connectivity index (χ2v) is 4.60. The predicted molar refractivity (Wildman–Crippen MR) is 64.1 cm³/mol. The molecule has 1 aromatic carbocycles. The molecule has 1 aliphatic rings. The van der Waals surface area contributed by atoms with E-state index in [1.807, 2.05) is 0 Å². The first kappa shape index (κ1) is 12.2. The molecule has 1 N–H and O–H groups in total. The van der Waals surface area contributed by atoms with Crippen LogP contribution in [0.15, 0.2) is 18.2 Å². The Labute approximate surface area is 101 Å². The van der Waals surface area contributed by atoms with E-state index >= 15 is 0 Å². The van der Waals surface area contributed by atoms with E-state index in [-0.39, 0.29) is 11.4 Å². The number of benzene rings is 1. The van der Waals surface area contributed by atoms with Gasteiger partial charge >= 0.3 is 0 Å². The fraction of sp³-hybridized carbons (Fsp3) is 0.538. The fourth-order valence-corrected chi connectivity index (χ4v) is 2.05. The third-order valence-corrected chi connectivity index (χ3v) is 3.14. The van der Waals surface area contributed by atoms with E-state index in [0.29, 0.717) is 11.5 Å². The molecule has 0 unspecified atom stereocenters. The first-order valence-electron chi connectivity index (χ1n) is 5.86. The summed E-state index contributed by atoms with van der Waals surface area (Å²) in [5.41, 5.74) is -0.198. The smallest absolute Gasteiger partial charge is 0.163 e. The monoisotopic (exact) mass is 239 g/mol. The number of piperidine rings is 1. The third kappa shape index (κ3) is 2.88. The highest BCUT2D eigenvalue weighted by molar-refractivity contribution is 5.40. The minimum Gasteiger partial charge on any atom is -0.493 e. The van der Waals surface area contributed by atoms with Crippen molar-refractivity contribution < 1.29 is 13.9 Å². The highest BCUT2D eigenvalue weighted by atomic mass is 19.1. The number of hydrogen-bond acceptors (Lipinski definition) is 3. The molecule has 1 saturated heterocycles. The van der Waals surface area contributed by atoms with Crippen LogP contribution in [0.4, 0.5) is 4.39 Å². The number of hydrogen-bond donors (Lipinski definition) is 1. The molecular formula is C13H18FNO2. The van der Waals surface area contributed by atoms with Crippen molar-refractivity contribution in [2.45, 2.75) is 25.4 Å². The van der Waals surface area contributed by atoms with Gasteiger partial charge in [-0.25, -0.2) is 4.39 Å². The van der Waals surface area contributed by atoms with E-state index in [1.54, 1.807) is 6.07 Å². The Hall–Kier alpha value is -1.29. The summed E-state index contributed by atoms with van der Waals surface area (Å²) < 4.78 is 24.2. The predicted octanol–water partition coefficient (Wildman–Crippen LogP) is 2.36. The third-order valence-electron chi connectivity index (χ3n) is 3.14. The number of methoxy groups -OCH3 is 1. The Morgan fingerprint density at radius 1 is 1.24 bits per heavy atom. The minimum atomic E-state index is -0.315. The SMILES string of the molecule is COc1cc(F)ccc1OC1(C)CCNCC1. The molecule has 4 heteroatoms. The van der Waals surface area contributed by atoms with Crippen molar-refractivity contribution in [3.63, 3.8) is 0 Å². The number of ether oxygens (including phenoxy) is 2. The van der Waals surface area contributed by atoms with Crippen LogP contribution in [0.2, 0.25) is 0 Å². The molecule has 2 rings (SSSR count). The Morgan fingerprint density at radius 3 is 2.59 bits per heavy atom. The van der Waals surface area contributed by atoms with Crippen LogP contribution < -0.4 is 14.8 Å². The summed E-state index contributed by atoms with van der Waals surface area (Å²) in [6, 6.07) is 4.36. The molecule has 0 amide bonds. The van der Waals surface area contributed by atoms with Gasteiger partial charge in [-0.05, 0) is 45.0 Å². The van der Waals surface area contributed by atoms with E-state index in [4.69, 9.17) is 9.47 Å². The van der Waals surface area contributed by atoms with Gasteiger partial charge in [-0.2, -0.15) is 0 Å². The molecule has 94 valence electrons. The summed E-state index contributed by atoms with van der Waals surface area (Å²) in [6.45, 7) is 3.97. The van der Waals surface area contributed by atoms with Crippen LogP contribution in [-0.4, -0.2) is 25.8 Å². The molecule has 0 spiro atoms. The van der Waals surface area contributed by atoms with Crippen molar-refractivity contribution in [2.24, 2.45) is 0 Å². The summed E-state index contributed by atoms with van der Waals surface area (Å²) in [4.78, 5) is 0. The maximum Gasteiger partial charge on any atom is 0.163 e. The summed E-state index contributed by atoms with van der Waals surface area (Å²) in [5, 5.41) is 3.29. The molecule has 1 aliphatic heterocycles. The normalized spacial score (nSPS) is 18.8. The molecule has 1 aromatic rings. The van der Waals surface area contributed by atoms with Crippen LogP contribution in [0, 0.1) is 5.82 Å². The van der Waals surface area contributed by atoms with Crippen LogP contribution >= 0.6 is 0 Å². The Morgan fingerprint density at radius 2 is 1.94 bits per heavy atom. The van der Waals surface area contributed by atoms with Gasteiger partial charge in [0.25, 0.3) is 0 Å². The van der Waals surface area contributed by atoms with E-state index in [9.17, 15) is 4.39 Å². The lowest BCUT2D eigenvalue weighted by atomic mass is 9.94. The van der Waals surface area contributed by atoms with Gasteiger partial charge in [0.2, 0.25) is 0 Å². The van der Waals surface area contributed by atoms with Gasteiger partial charge in [0.1, 0.15) is 11.4 Å². The summed E-state index contributed by atoms with van der Waals surface area (Å²) >= 11 is 0. The van der Waals surface area contributed by atoms with Gasteiger partial charge in [-0.1, -0.05) is 0 Å². The molecule has 1 fully saturated rings. The second kappa shape index (κ2) is 4.92. The molecule has 1 heterocycles. The van der Waals surface area contributed by atoms with E-state index in [0.717, 1.165) is 25.9 Å². The summed E-state index contributed by atoms with van der Waals surface area (Å²) in [6.07, 6.45) is 1.88. The molecule has 0 aliphatic carbocycles. The van der Waals surface area contributed by atoms with Gasteiger partial charge in [0.15, 0.2) is 11.5 Å². The highest BCUT2D eigenvalue weighted by Gasteiger charge is 2.29. The molecule has 0 radical (unpaired) electrons. The summed E-state index contributed by atoms with van der Waals surface area (Å²) in [5.74, 6) is 0.743. The van der Waals surface area contributed by atoms with Gasteiger partial charge < -0.3 is 14.8 Å². The van der Waals surface area contributed by atoms with Crippen molar-refractivity contribution in [3.05, 3.63) is 24.0 Å². The first-order valence-corrected chi connectivity index (χ1v) is 5.86. The van der Waals surface area contributed by atoms with E-state index < -0.39 is 0 Å². The zero-order chi connectivity index (χ0) is 12.3. The maximum atomic E-state index is 13.1. The van der Waals surface area contributed by atoms with Crippen LogP contribution in [0.25, 0.3) is 0 Å². The Balaban J connectivity index is 2.17. The quantitative estimate of drug-likeness (QED) is 0.878. The van der Waals surface area contributed by atoms with Crippen LogP contribution in [0.3, 0.4) is 0 Å². The van der Waals surface area contributed by atoms with E-state index in [2.05, 4.69) is 12.2 Å². The molecule has 0 aromatic heterocycles. The average Bonchev–Trinajstić information content (AvgIpc) is 2.32. The average molecular weight is 239 g/mol. The zero-order valence-corrected chi connectivity index (χ0v) is 10.3. The van der Waals surface area contributed by atoms with Crippen molar-refractivity contribution in [3.8, 4) is 11.5 Å². The topological polar surface area (TPSA) is 30.5 Å². The number of nitrogens with one attached hydrogen (secondary N) is 1. The molecular weight excluding hydrogens is 221 g/mol. The fourth-order valence-electron chi connectivity index (χ4n) is 2.05. The van der Waals surface area contributed by atoms with E-state index in [1.165, 1.54) is 19.2 Å². The molecule has 0 saturated carbocycles. The van der Waals surface area contributed by atoms with Gasteiger partial charge in [-0.3, -0.25) is 0 Å². The Bertz CT molecular complexity index is 389. The minimum absolute atomic E-state index is 0.198. The van der Waals surface area contributed by atoms with Crippen LogP contribution in [-0.2, 0) is 0 Å². The standard InChI is InChI=1S/C13H18FNO2/c1-13(5-7-15-8-6-13)17-11-4-3-10(14)9-12(11)16-2/h3-4,9,15H,5-8H2,1-2H3. The van der Waals surface area contributed by atoms with Crippen LogP contribution in [0.1, 0.15) is 19.8 Å². The number of halogens is 1. The summed E-state index contributed by atoms with van der Waals surface area (Å²) in [7, 11) is 1.52. The highest BCUT2D eigenvalue weighted by Crippen LogP contribution is 2.33. The van der Waals surface area contributed by atoms with Crippen LogP contribution in [0.5, 0.6) is 11.5 Å². The zero-order valence-electron chi connectivity index (χ0n) is 10.3. The van der Waals surface area contributed by atoms with Crippen molar-refractivity contribution in [1.82, 2.24) is 5.32 Å². The largest absolute Gasteiger partial charge is 0.493 e. The number of rotatable bonds is 3. The van der Waals surface area contributed by atoms with Crippen molar-refractivity contribution >= 4 is 0 Å². The van der Waals surface area contributed by atoms with Gasteiger partial charge in [-0.15, -0.1) is 0 Å². The lowest BCUT2D eigenvalue weighted by Gasteiger charge is -2.35. The van der Waals surface area contributed by atoms with Gasteiger partial charge in [0.05, 0.1) is 7.11 Å². The second-order valence-electron chi connectivity index (χ2n) is 4.60. The molecule has 0 bridgehead atoms. The lowest BCUT2D eigenvalue weighted by Crippen LogP contribution is -2.43. The maximum absolute atomic E-state index is 13.1. The van der Waals surface area contributed by atoms with Crippen molar-refractivity contribution in [1.29, 1.82) is 0 Å². The first-order chi connectivity index (χ1) is 8.13.